The zero-order valence-corrected chi connectivity index (χ0v) is 12.8. The van der Waals surface area contributed by atoms with Crippen molar-refractivity contribution in [3.8, 4) is 5.75 Å². The molecule has 0 fully saturated rings. The van der Waals surface area contributed by atoms with Crippen molar-refractivity contribution in [2.45, 2.75) is 6.92 Å². The highest BCUT2D eigenvalue weighted by Crippen LogP contribution is 2.24. The predicted octanol–water partition coefficient (Wildman–Crippen LogP) is 3.39. The van der Waals surface area contributed by atoms with Gasteiger partial charge in [0.05, 0.1) is 23.9 Å². The van der Waals surface area contributed by atoms with Crippen LogP contribution in [0.15, 0.2) is 36.4 Å². The fourth-order valence-electron chi connectivity index (χ4n) is 1.93. The normalized spacial score (nSPS) is 10.1. The van der Waals surface area contributed by atoms with Gasteiger partial charge in [0.15, 0.2) is 0 Å². The van der Waals surface area contributed by atoms with Crippen molar-refractivity contribution in [3.05, 3.63) is 58.1 Å². The summed E-state index contributed by atoms with van der Waals surface area (Å²) in [6.45, 7) is 1.80. The summed E-state index contributed by atoms with van der Waals surface area (Å²) >= 11 is 5.90. The van der Waals surface area contributed by atoms with E-state index in [0.29, 0.717) is 5.02 Å². The van der Waals surface area contributed by atoms with Crippen LogP contribution in [0.2, 0.25) is 5.02 Å². The first-order valence-corrected chi connectivity index (χ1v) is 6.79. The summed E-state index contributed by atoms with van der Waals surface area (Å²) in [5.41, 5.74) is 1.32. The third-order valence-corrected chi connectivity index (χ3v) is 3.27. The van der Waals surface area contributed by atoms with Gasteiger partial charge in [-0.3, -0.25) is 4.79 Å². The van der Waals surface area contributed by atoms with Gasteiger partial charge in [-0.1, -0.05) is 23.2 Å². The minimum absolute atomic E-state index is 0.107. The Morgan fingerprint density at radius 1 is 1.14 bits per heavy atom. The number of phenols is 1. The molecular weight excluding hydrogens is 306 g/mol. The van der Waals surface area contributed by atoms with E-state index in [0.717, 1.165) is 5.56 Å². The van der Waals surface area contributed by atoms with Gasteiger partial charge in [0.2, 0.25) is 0 Å². The average Bonchev–Trinajstić information content (AvgIpc) is 2.49. The number of halogens is 1. The van der Waals surface area contributed by atoms with Crippen LogP contribution in [0.4, 0.5) is 5.69 Å². The zero-order chi connectivity index (χ0) is 16.3. The Morgan fingerprint density at radius 2 is 1.86 bits per heavy atom. The van der Waals surface area contributed by atoms with Crippen LogP contribution < -0.4 is 5.32 Å². The van der Waals surface area contributed by atoms with Gasteiger partial charge in [0.25, 0.3) is 5.91 Å². The molecule has 2 aromatic carbocycles. The lowest BCUT2D eigenvalue weighted by Crippen LogP contribution is -2.15. The molecule has 2 N–H and O–H groups in total. The van der Waals surface area contributed by atoms with Crippen molar-refractivity contribution < 1.29 is 19.4 Å². The van der Waals surface area contributed by atoms with Gasteiger partial charge < -0.3 is 15.2 Å². The highest BCUT2D eigenvalue weighted by molar-refractivity contribution is 6.31. The molecule has 0 aliphatic heterocycles. The van der Waals surface area contributed by atoms with Gasteiger partial charge in [-0.15, -0.1) is 0 Å². The summed E-state index contributed by atoms with van der Waals surface area (Å²) in [4.78, 5) is 24.0. The number of hydrogen-bond acceptors (Lipinski definition) is 4. The molecule has 5 nitrogen and oxygen atoms in total. The molecule has 2 aromatic rings. The van der Waals surface area contributed by atoms with Crippen LogP contribution in [0.25, 0.3) is 0 Å². The molecule has 1 amide bonds. The van der Waals surface area contributed by atoms with Crippen molar-refractivity contribution in [1.29, 1.82) is 0 Å². The van der Waals surface area contributed by atoms with E-state index >= 15 is 0 Å². The highest BCUT2D eigenvalue weighted by Gasteiger charge is 2.17. The minimum atomic E-state index is -0.597. The number of phenolic OH excluding ortho intramolecular Hbond substituents is 1. The van der Waals surface area contributed by atoms with Gasteiger partial charge in [-0.05, 0) is 37.3 Å². The Morgan fingerprint density at radius 3 is 2.55 bits per heavy atom. The van der Waals surface area contributed by atoms with E-state index in [-0.39, 0.29) is 22.6 Å². The van der Waals surface area contributed by atoms with E-state index in [4.69, 9.17) is 11.6 Å². The Balaban J connectivity index is 2.37. The van der Waals surface area contributed by atoms with E-state index in [1.807, 2.05) is 0 Å². The number of carbonyl (C=O) groups is 2. The third kappa shape index (κ3) is 3.38. The molecule has 0 aromatic heterocycles. The lowest BCUT2D eigenvalue weighted by molar-refractivity contribution is 0.0602. The van der Waals surface area contributed by atoms with Gasteiger partial charge in [-0.25, -0.2) is 4.79 Å². The average molecular weight is 320 g/mol. The van der Waals surface area contributed by atoms with Crippen LogP contribution in [0.1, 0.15) is 26.3 Å². The minimum Gasteiger partial charge on any atom is -0.507 e. The molecule has 0 saturated carbocycles. The number of rotatable bonds is 3. The molecule has 0 unspecified atom stereocenters. The number of esters is 1. The number of nitrogens with one attached hydrogen (secondary N) is 1. The molecular formula is C16H14ClNO4. The molecule has 2 rings (SSSR count). The molecule has 0 spiro atoms. The SMILES string of the molecule is COC(=O)c1ccc(Cl)cc1NC(=O)c1cc(C)ccc1O. The van der Waals surface area contributed by atoms with Gasteiger partial charge >= 0.3 is 5.97 Å². The van der Waals surface area contributed by atoms with Crippen LogP contribution in [-0.2, 0) is 4.74 Å². The van der Waals surface area contributed by atoms with E-state index in [1.54, 1.807) is 19.1 Å². The molecule has 22 heavy (non-hydrogen) atoms. The monoisotopic (exact) mass is 319 g/mol. The second kappa shape index (κ2) is 6.49. The number of benzene rings is 2. The van der Waals surface area contributed by atoms with E-state index in [1.165, 1.54) is 31.4 Å². The third-order valence-electron chi connectivity index (χ3n) is 3.03. The van der Waals surface area contributed by atoms with Crippen LogP contribution >= 0.6 is 11.6 Å². The van der Waals surface area contributed by atoms with E-state index < -0.39 is 11.9 Å². The summed E-state index contributed by atoms with van der Waals surface area (Å²) in [5, 5.41) is 12.7. The van der Waals surface area contributed by atoms with Crippen LogP contribution in [0.3, 0.4) is 0 Å². The maximum Gasteiger partial charge on any atom is 0.339 e. The highest BCUT2D eigenvalue weighted by atomic mass is 35.5. The van der Waals surface area contributed by atoms with Crippen LogP contribution in [0, 0.1) is 6.92 Å². The molecule has 0 aliphatic rings. The number of carbonyl (C=O) groups excluding carboxylic acids is 2. The molecule has 114 valence electrons. The fourth-order valence-corrected chi connectivity index (χ4v) is 2.10. The Bertz CT molecular complexity index is 743. The smallest absolute Gasteiger partial charge is 0.339 e. The molecule has 0 atom stereocenters. The number of hydrogen-bond donors (Lipinski definition) is 2. The zero-order valence-electron chi connectivity index (χ0n) is 12.0. The van der Waals surface area contributed by atoms with Crippen molar-refractivity contribution in [3.63, 3.8) is 0 Å². The molecule has 0 saturated heterocycles. The number of aromatic hydroxyl groups is 1. The number of ether oxygens (including phenoxy) is 1. The molecule has 6 heteroatoms. The Kier molecular flexibility index (Phi) is 4.68. The summed E-state index contributed by atoms with van der Waals surface area (Å²) in [6, 6.07) is 9.09. The second-order valence-electron chi connectivity index (χ2n) is 4.66. The number of methoxy groups -OCH3 is 1. The summed E-state index contributed by atoms with van der Waals surface area (Å²) in [7, 11) is 1.24. The van der Waals surface area contributed by atoms with Crippen molar-refractivity contribution >= 4 is 29.2 Å². The molecule has 0 heterocycles. The van der Waals surface area contributed by atoms with Gasteiger partial charge in [-0.2, -0.15) is 0 Å². The van der Waals surface area contributed by atoms with Gasteiger partial charge in [0, 0.05) is 5.02 Å². The van der Waals surface area contributed by atoms with Gasteiger partial charge in [0.1, 0.15) is 5.75 Å². The predicted molar refractivity (Wildman–Crippen MR) is 83.6 cm³/mol. The maximum atomic E-state index is 12.3. The molecule has 0 aliphatic carbocycles. The van der Waals surface area contributed by atoms with Crippen LogP contribution in [-0.4, -0.2) is 24.1 Å². The Hall–Kier alpha value is -2.53. The van der Waals surface area contributed by atoms with E-state index in [2.05, 4.69) is 10.1 Å². The maximum absolute atomic E-state index is 12.3. The standard InChI is InChI=1S/C16H14ClNO4/c1-9-3-6-14(19)12(7-9)15(20)18-13-8-10(17)4-5-11(13)16(21)22-2/h3-8,19H,1-2H3,(H,18,20). The molecule has 0 radical (unpaired) electrons. The number of amides is 1. The lowest BCUT2D eigenvalue weighted by atomic mass is 10.1. The summed E-state index contributed by atoms with van der Waals surface area (Å²) in [5.74, 6) is -1.29. The Labute approximate surface area is 132 Å². The first kappa shape index (κ1) is 15.9. The summed E-state index contributed by atoms with van der Waals surface area (Å²) < 4.78 is 4.66. The number of aryl methyl sites for hydroxylation is 1. The first-order chi connectivity index (χ1) is 10.4. The fraction of sp³-hybridized carbons (Fsp3) is 0.125. The van der Waals surface area contributed by atoms with E-state index in [9.17, 15) is 14.7 Å². The number of anilines is 1. The van der Waals surface area contributed by atoms with Crippen LogP contribution in [0.5, 0.6) is 5.75 Å². The van der Waals surface area contributed by atoms with Crippen molar-refractivity contribution in [2.75, 3.05) is 12.4 Å². The van der Waals surface area contributed by atoms with Crippen molar-refractivity contribution in [1.82, 2.24) is 0 Å². The lowest BCUT2D eigenvalue weighted by Gasteiger charge is -2.11. The molecule has 0 bridgehead atoms. The summed E-state index contributed by atoms with van der Waals surface area (Å²) in [6.07, 6.45) is 0. The largest absolute Gasteiger partial charge is 0.507 e. The van der Waals surface area contributed by atoms with Crippen molar-refractivity contribution in [2.24, 2.45) is 0 Å². The quantitative estimate of drug-likeness (QED) is 0.850. The topological polar surface area (TPSA) is 75.6 Å². The first-order valence-electron chi connectivity index (χ1n) is 6.41. The second-order valence-corrected chi connectivity index (χ2v) is 5.09.